The van der Waals surface area contributed by atoms with Crippen molar-refractivity contribution in [3.8, 4) is 11.8 Å². The smallest absolute Gasteiger partial charge is 0.235 e. The number of rotatable bonds is 4. The monoisotopic (exact) mass is 303 g/mol. The first-order chi connectivity index (χ1) is 10.2. The molecule has 1 aromatic carbocycles. The number of aliphatic hydroxyl groups excluding tert-OH is 1. The number of hydrogen-bond donors (Lipinski definition) is 1. The van der Waals surface area contributed by atoms with Gasteiger partial charge in [0.1, 0.15) is 0 Å². The van der Waals surface area contributed by atoms with Crippen LogP contribution in [0.25, 0.3) is 0 Å². The molecule has 1 aliphatic heterocycles. The van der Waals surface area contributed by atoms with Gasteiger partial charge in [-0.25, -0.2) is 0 Å². The fourth-order valence-corrected chi connectivity index (χ4v) is 3.62. The summed E-state index contributed by atoms with van der Waals surface area (Å²) >= 11 is 1.76. The molecule has 0 spiro atoms. The van der Waals surface area contributed by atoms with Gasteiger partial charge in [0.2, 0.25) is 5.91 Å². The Kier molecular flexibility index (Phi) is 6.16. The van der Waals surface area contributed by atoms with Crippen LogP contribution in [0, 0.1) is 11.8 Å². The number of thioether (sulfide) groups is 1. The van der Waals surface area contributed by atoms with E-state index < -0.39 is 0 Å². The van der Waals surface area contributed by atoms with Gasteiger partial charge >= 0.3 is 0 Å². The van der Waals surface area contributed by atoms with Gasteiger partial charge in [-0.05, 0) is 30.2 Å². The Morgan fingerprint density at radius 2 is 2.29 bits per heavy atom. The van der Waals surface area contributed by atoms with Gasteiger partial charge in [-0.3, -0.25) is 4.79 Å². The van der Waals surface area contributed by atoms with Crippen molar-refractivity contribution in [1.82, 2.24) is 4.90 Å². The highest BCUT2D eigenvalue weighted by Crippen LogP contribution is 2.27. The number of nitrogens with zero attached hydrogens (tertiary/aromatic N) is 1. The maximum absolute atomic E-state index is 12.4. The molecule has 0 radical (unpaired) electrons. The second-order valence-electron chi connectivity index (χ2n) is 5.13. The van der Waals surface area contributed by atoms with E-state index in [1.165, 1.54) is 0 Å². The van der Waals surface area contributed by atoms with Crippen molar-refractivity contribution in [3.63, 3.8) is 0 Å². The van der Waals surface area contributed by atoms with Crippen LogP contribution in [-0.4, -0.2) is 40.6 Å². The Morgan fingerprint density at radius 3 is 3.00 bits per heavy atom. The first-order valence-corrected chi connectivity index (χ1v) is 8.31. The van der Waals surface area contributed by atoms with Crippen LogP contribution in [0.1, 0.15) is 30.4 Å². The predicted molar refractivity (Wildman–Crippen MR) is 87.0 cm³/mol. The minimum Gasteiger partial charge on any atom is -0.395 e. The summed E-state index contributed by atoms with van der Waals surface area (Å²) in [6.45, 7) is 0.659. The van der Waals surface area contributed by atoms with E-state index in [2.05, 4.69) is 11.8 Å². The molecule has 1 unspecified atom stereocenters. The third-order valence-corrected chi connectivity index (χ3v) is 4.83. The van der Waals surface area contributed by atoms with Crippen LogP contribution in [0.3, 0.4) is 0 Å². The maximum Gasteiger partial charge on any atom is 0.235 e. The Balaban J connectivity index is 2.05. The summed E-state index contributed by atoms with van der Waals surface area (Å²) in [7, 11) is 1.86. The van der Waals surface area contributed by atoms with E-state index in [1.54, 1.807) is 16.7 Å². The Morgan fingerprint density at radius 1 is 1.48 bits per heavy atom. The molecule has 2 rings (SSSR count). The molecule has 1 aromatic rings. The van der Waals surface area contributed by atoms with Crippen molar-refractivity contribution in [2.45, 2.75) is 31.1 Å². The Hall–Kier alpha value is -1.44. The lowest BCUT2D eigenvalue weighted by Gasteiger charge is -2.21. The zero-order chi connectivity index (χ0) is 15.1. The summed E-state index contributed by atoms with van der Waals surface area (Å²) in [6.07, 6.45) is 2.60. The molecule has 0 saturated carbocycles. The van der Waals surface area contributed by atoms with E-state index in [-0.39, 0.29) is 17.8 Å². The van der Waals surface area contributed by atoms with Crippen LogP contribution in [0.2, 0.25) is 0 Å². The van der Waals surface area contributed by atoms with Crippen molar-refractivity contribution in [1.29, 1.82) is 0 Å². The first-order valence-electron chi connectivity index (χ1n) is 7.26. The van der Waals surface area contributed by atoms with Gasteiger partial charge in [0.15, 0.2) is 0 Å². The zero-order valence-corrected chi connectivity index (χ0v) is 13.2. The maximum atomic E-state index is 12.4. The fraction of sp³-hybridized carbons (Fsp3) is 0.471. The standard InChI is InChI=1S/C17H21NO2S/c1-18(17(20)16-10-6-12-21-16)13-15-9-3-2-7-14(15)8-4-5-11-19/h2-3,7,9,16,19H,5-6,10-13H2,1H3. The number of aliphatic hydroxyl groups is 1. The van der Waals surface area contributed by atoms with Crippen LogP contribution in [-0.2, 0) is 11.3 Å². The molecule has 0 aromatic heterocycles. The molecule has 1 N–H and O–H groups in total. The van der Waals surface area contributed by atoms with Gasteiger partial charge in [-0.1, -0.05) is 30.0 Å². The average Bonchev–Trinajstić information content (AvgIpc) is 3.02. The minimum atomic E-state index is 0.0759. The number of hydrogen-bond acceptors (Lipinski definition) is 3. The quantitative estimate of drug-likeness (QED) is 0.868. The van der Waals surface area contributed by atoms with E-state index in [4.69, 9.17) is 5.11 Å². The van der Waals surface area contributed by atoms with Crippen LogP contribution in [0.5, 0.6) is 0 Å². The number of carbonyl (C=O) groups excluding carboxylic acids is 1. The van der Waals surface area contributed by atoms with Crippen LogP contribution in [0.15, 0.2) is 24.3 Å². The molecule has 1 atom stereocenters. The molecular weight excluding hydrogens is 282 g/mol. The second kappa shape index (κ2) is 8.11. The topological polar surface area (TPSA) is 40.5 Å². The van der Waals surface area contributed by atoms with Crippen LogP contribution < -0.4 is 0 Å². The molecule has 1 fully saturated rings. The van der Waals surface area contributed by atoms with E-state index in [9.17, 15) is 4.79 Å². The van der Waals surface area contributed by atoms with Gasteiger partial charge in [-0.15, -0.1) is 11.8 Å². The number of carbonyl (C=O) groups is 1. The van der Waals surface area contributed by atoms with Crippen molar-refractivity contribution < 1.29 is 9.90 Å². The average molecular weight is 303 g/mol. The number of benzene rings is 1. The van der Waals surface area contributed by atoms with Crippen LogP contribution in [0.4, 0.5) is 0 Å². The highest BCUT2D eigenvalue weighted by molar-refractivity contribution is 8.00. The summed E-state index contributed by atoms with van der Waals surface area (Å²) in [5.74, 6) is 7.33. The van der Waals surface area contributed by atoms with E-state index in [1.807, 2.05) is 31.3 Å². The lowest BCUT2D eigenvalue weighted by Crippen LogP contribution is -2.33. The molecule has 1 aliphatic rings. The molecule has 1 amide bonds. The molecule has 3 nitrogen and oxygen atoms in total. The molecule has 21 heavy (non-hydrogen) atoms. The van der Waals surface area contributed by atoms with Crippen molar-refractivity contribution in [2.75, 3.05) is 19.4 Å². The molecule has 112 valence electrons. The highest BCUT2D eigenvalue weighted by atomic mass is 32.2. The van der Waals surface area contributed by atoms with Gasteiger partial charge in [-0.2, -0.15) is 0 Å². The third-order valence-electron chi connectivity index (χ3n) is 3.47. The van der Waals surface area contributed by atoms with Crippen molar-refractivity contribution >= 4 is 17.7 Å². The van der Waals surface area contributed by atoms with Crippen molar-refractivity contribution in [3.05, 3.63) is 35.4 Å². The molecule has 0 aliphatic carbocycles. The molecular formula is C17H21NO2S. The van der Waals surface area contributed by atoms with Crippen molar-refractivity contribution in [2.24, 2.45) is 0 Å². The van der Waals surface area contributed by atoms with E-state index in [0.29, 0.717) is 13.0 Å². The van der Waals surface area contributed by atoms with E-state index in [0.717, 1.165) is 29.7 Å². The van der Waals surface area contributed by atoms with Gasteiger partial charge < -0.3 is 10.0 Å². The molecule has 4 heteroatoms. The van der Waals surface area contributed by atoms with Gasteiger partial charge in [0.25, 0.3) is 0 Å². The van der Waals surface area contributed by atoms with Gasteiger partial charge in [0, 0.05) is 25.6 Å². The first kappa shape index (κ1) is 15.9. The number of amides is 1. The molecule has 0 bridgehead atoms. The highest BCUT2D eigenvalue weighted by Gasteiger charge is 2.26. The SMILES string of the molecule is CN(Cc1ccccc1C#CCCO)C(=O)C1CCCS1. The van der Waals surface area contributed by atoms with Gasteiger partial charge in [0.05, 0.1) is 11.9 Å². The lowest BCUT2D eigenvalue weighted by atomic mass is 10.1. The fourth-order valence-electron chi connectivity index (χ4n) is 2.35. The summed E-state index contributed by atoms with van der Waals surface area (Å²) in [4.78, 5) is 14.2. The minimum absolute atomic E-state index is 0.0759. The van der Waals surface area contributed by atoms with Crippen LogP contribution >= 0.6 is 11.8 Å². The summed E-state index contributed by atoms with van der Waals surface area (Å²) in [5, 5.41) is 8.92. The van der Waals surface area contributed by atoms with E-state index >= 15 is 0 Å². The normalized spacial score (nSPS) is 17.1. The molecule has 1 heterocycles. The largest absolute Gasteiger partial charge is 0.395 e. The predicted octanol–water partition coefficient (Wildman–Crippen LogP) is 2.27. The Bertz CT molecular complexity index is 541. The summed E-state index contributed by atoms with van der Waals surface area (Å²) in [6, 6.07) is 7.88. The second-order valence-corrected chi connectivity index (χ2v) is 6.44. The lowest BCUT2D eigenvalue weighted by molar-refractivity contribution is -0.129. The third kappa shape index (κ3) is 4.52. The summed E-state index contributed by atoms with van der Waals surface area (Å²) in [5.41, 5.74) is 1.99. The molecule has 1 saturated heterocycles. The summed E-state index contributed by atoms with van der Waals surface area (Å²) < 4.78 is 0. The zero-order valence-electron chi connectivity index (χ0n) is 12.3. The Labute approximate surface area is 130 Å².